The van der Waals surface area contributed by atoms with Crippen molar-refractivity contribution in [3.63, 3.8) is 0 Å². The highest BCUT2D eigenvalue weighted by Crippen LogP contribution is 2.45. The molecule has 0 radical (unpaired) electrons. The Hall–Kier alpha value is -2.55. The lowest BCUT2D eigenvalue weighted by Gasteiger charge is -2.31. The van der Waals surface area contributed by atoms with Crippen LogP contribution in [0.4, 0.5) is 0 Å². The molecule has 2 heterocycles. The van der Waals surface area contributed by atoms with Crippen molar-refractivity contribution < 1.29 is 9.53 Å². The van der Waals surface area contributed by atoms with Gasteiger partial charge in [0.25, 0.3) is 0 Å². The SMILES string of the molecule is CCn1nc(C)c([C@@H]2C(C#N)=C(N)OC3=C2C(=O)CCC3)c1C. The van der Waals surface area contributed by atoms with Crippen LogP contribution in [0.3, 0.4) is 0 Å². The van der Waals surface area contributed by atoms with Crippen LogP contribution >= 0.6 is 0 Å². The summed E-state index contributed by atoms with van der Waals surface area (Å²) in [6, 6.07) is 2.14. The van der Waals surface area contributed by atoms with Gasteiger partial charge in [0.05, 0.1) is 11.6 Å². The molecular weight excluding hydrogens is 292 g/mol. The van der Waals surface area contributed by atoms with Crippen LogP contribution in [0.2, 0.25) is 0 Å². The monoisotopic (exact) mass is 312 g/mol. The number of allylic oxidation sites excluding steroid dienone is 3. The van der Waals surface area contributed by atoms with Gasteiger partial charge in [-0.3, -0.25) is 9.48 Å². The predicted molar refractivity (Wildman–Crippen MR) is 83.9 cm³/mol. The third-order valence-electron chi connectivity index (χ3n) is 4.63. The highest BCUT2D eigenvalue weighted by molar-refractivity contribution is 5.99. The van der Waals surface area contributed by atoms with Crippen LogP contribution in [0, 0.1) is 25.2 Å². The summed E-state index contributed by atoms with van der Waals surface area (Å²) in [6.07, 6.45) is 1.92. The molecule has 0 unspecified atom stereocenters. The number of nitriles is 1. The minimum atomic E-state index is -0.461. The first-order valence-electron chi connectivity index (χ1n) is 7.87. The van der Waals surface area contributed by atoms with E-state index in [1.165, 1.54) is 0 Å². The molecule has 0 aromatic carbocycles. The van der Waals surface area contributed by atoms with Gasteiger partial charge in [0.2, 0.25) is 5.88 Å². The third-order valence-corrected chi connectivity index (χ3v) is 4.63. The molecule has 1 aromatic heterocycles. The largest absolute Gasteiger partial charge is 0.444 e. The van der Waals surface area contributed by atoms with Crippen LogP contribution in [0.5, 0.6) is 0 Å². The van der Waals surface area contributed by atoms with E-state index in [0.717, 1.165) is 29.9 Å². The Morgan fingerprint density at radius 2 is 2.17 bits per heavy atom. The molecule has 1 aliphatic carbocycles. The second-order valence-electron chi connectivity index (χ2n) is 5.94. The molecule has 6 heteroatoms. The maximum atomic E-state index is 12.5. The van der Waals surface area contributed by atoms with E-state index in [-0.39, 0.29) is 11.7 Å². The lowest BCUT2D eigenvalue weighted by atomic mass is 9.77. The van der Waals surface area contributed by atoms with Crippen LogP contribution in [-0.4, -0.2) is 15.6 Å². The summed E-state index contributed by atoms with van der Waals surface area (Å²) in [5, 5.41) is 14.1. The molecule has 1 aliphatic heterocycles. The average Bonchev–Trinajstić information content (AvgIpc) is 2.80. The quantitative estimate of drug-likeness (QED) is 0.904. The molecule has 3 rings (SSSR count). The summed E-state index contributed by atoms with van der Waals surface area (Å²) in [5.41, 5.74) is 9.55. The van der Waals surface area contributed by atoms with E-state index in [2.05, 4.69) is 11.2 Å². The second kappa shape index (κ2) is 5.58. The number of aryl methyl sites for hydroxylation is 2. The Labute approximate surface area is 135 Å². The fraction of sp³-hybridized carbons (Fsp3) is 0.471. The van der Waals surface area contributed by atoms with Crippen molar-refractivity contribution in [2.45, 2.75) is 52.5 Å². The molecule has 23 heavy (non-hydrogen) atoms. The van der Waals surface area contributed by atoms with Crippen LogP contribution in [-0.2, 0) is 16.1 Å². The molecule has 1 aromatic rings. The predicted octanol–water partition coefficient (Wildman–Crippen LogP) is 2.33. The van der Waals surface area contributed by atoms with Crippen LogP contribution in [0.15, 0.2) is 22.8 Å². The van der Waals surface area contributed by atoms with Crippen molar-refractivity contribution in [1.82, 2.24) is 9.78 Å². The normalized spacial score (nSPS) is 21.1. The number of ketones is 1. The Kier molecular flexibility index (Phi) is 3.72. The fourth-order valence-corrected chi connectivity index (χ4v) is 3.58. The van der Waals surface area contributed by atoms with Crippen molar-refractivity contribution in [3.05, 3.63) is 39.7 Å². The standard InChI is InChI=1S/C17H20N4O2/c1-4-21-10(3)14(9(2)20-21)15-11(8-18)17(19)23-13-7-5-6-12(22)16(13)15/h15H,4-7,19H2,1-3H3/t15-/m0/s1. The first-order chi connectivity index (χ1) is 11.0. The van der Waals surface area contributed by atoms with Gasteiger partial charge >= 0.3 is 0 Å². The summed E-state index contributed by atoms with van der Waals surface area (Å²) < 4.78 is 7.48. The smallest absolute Gasteiger partial charge is 0.205 e. The number of hydrogen-bond donors (Lipinski definition) is 1. The maximum absolute atomic E-state index is 12.5. The number of ether oxygens (including phenoxy) is 1. The average molecular weight is 312 g/mol. The summed E-state index contributed by atoms with van der Waals surface area (Å²) in [6.45, 7) is 6.62. The lowest BCUT2D eigenvalue weighted by molar-refractivity contribution is -0.116. The summed E-state index contributed by atoms with van der Waals surface area (Å²) >= 11 is 0. The minimum absolute atomic E-state index is 0.0412. The first kappa shape index (κ1) is 15.3. The summed E-state index contributed by atoms with van der Waals surface area (Å²) in [4.78, 5) is 12.5. The molecule has 6 nitrogen and oxygen atoms in total. The first-order valence-corrected chi connectivity index (χ1v) is 7.87. The molecule has 0 saturated heterocycles. The molecular formula is C17H20N4O2. The number of Topliss-reactive ketones (excluding diaryl/α,β-unsaturated/α-hetero) is 1. The number of carbonyl (C=O) groups excluding carboxylic acids is 1. The van der Waals surface area contributed by atoms with Gasteiger partial charge in [-0.1, -0.05) is 0 Å². The van der Waals surface area contributed by atoms with Crippen LogP contribution in [0.25, 0.3) is 0 Å². The zero-order valence-corrected chi connectivity index (χ0v) is 13.6. The number of hydrogen-bond acceptors (Lipinski definition) is 5. The van der Waals surface area contributed by atoms with E-state index >= 15 is 0 Å². The Bertz CT molecular complexity index is 792. The molecule has 0 spiro atoms. The zero-order chi connectivity index (χ0) is 16.7. The Morgan fingerprint density at radius 1 is 1.43 bits per heavy atom. The van der Waals surface area contributed by atoms with Crippen LogP contribution < -0.4 is 5.73 Å². The minimum Gasteiger partial charge on any atom is -0.444 e. The van der Waals surface area contributed by atoms with Crippen molar-refractivity contribution in [2.24, 2.45) is 5.73 Å². The molecule has 2 aliphatic rings. The topological polar surface area (TPSA) is 93.9 Å². The van der Waals surface area contributed by atoms with E-state index < -0.39 is 5.92 Å². The number of rotatable bonds is 2. The van der Waals surface area contributed by atoms with Gasteiger partial charge in [0.15, 0.2) is 5.78 Å². The molecule has 2 N–H and O–H groups in total. The Balaban J connectivity index is 2.26. The van der Waals surface area contributed by atoms with E-state index in [9.17, 15) is 10.1 Å². The number of carbonyl (C=O) groups is 1. The van der Waals surface area contributed by atoms with Crippen molar-refractivity contribution in [2.75, 3.05) is 0 Å². The van der Waals surface area contributed by atoms with Crippen molar-refractivity contribution in [3.8, 4) is 6.07 Å². The van der Waals surface area contributed by atoms with Gasteiger partial charge in [-0.25, -0.2) is 0 Å². The van der Waals surface area contributed by atoms with Gasteiger partial charge < -0.3 is 10.5 Å². The molecule has 0 fully saturated rings. The van der Waals surface area contributed by atoms with E-state index in [1.807, 2.05) is 25.5 Å². The molecule has 0 bridgehead atoms. The molecule has 0 saturated carbocycles. The Morgan fingerprint density at radius 3 is 2.78 bits per heavy atom. The second-order valence-corrected chi connectivity index (χ2v) is 5.94. The third kappa shape index (κ3) is 2.24. The highest BCUT2D eigenvalue weighted by Gasteiger charge is 2.40. The van der Waals surface area contributed by atoms with Gasteiger partial charge in [-0.15, -0.1) is 0 Å². The summed E-state index contributed by atoms with van der Waals surface area (Å²) in [7, 11) is 0. The van der Waals surface area contributed by atoms with E-state index in [0.29, 0.717) is 29.7 Å². The number of nitrogens with two attached hydrogens (primary N) is 1. The molecule has 1 atom stereocenters. The van der Waals surface area contributed by atoms with Crippen molar-refractivity contribution >= 4 is 5.78 Å². The summed E-state index contributed by atoms with van der Waals surface area (Å²) in [5.74, 6) is 0.302. The molecule has 0 amide bonds. The lowest BCUT2D eigenvalue weighted by Crippen LogP contribution is -2.28. The molecule has 120 valence electrons. The van der Waals surface area contributed by atoms with E-state index in [4.69, 9.17) is 10.5 Å². The van der Waals surface area contributed by atoms with Gasteiger partial charge in [-0.05, 0) is 27.2 Å². The number of aromatic nitrogens is 2. The van der Waals surface area contributed by atoms with E-state index in [1.54, 1.807) is 0 Å². The van der Waals surface area contributed by atoms with Gasteiger partial charge in [0, 0.05) is 36.2 Å². The highest BCUT2D eigenvalue weighted by atomic mass is 16.5. The maximum Gasteiger partial charge on any atom is 0.205 e. The zero-order valence-electron chi connectivity index (χ0n) is 13.6. The van der Waals surface area contributed by atoms with Gasteiger partial charge in [-0.2, -0.15) is 10.4 Å². The van der Waals surface area contributed by atoms with Gasteiger partial charge in [0.1, 0.15) is 17.4 Å². The van der Waals surface area contributed by atoms with Crippen molar-refractivity contribution in [1.29, 1.82) is 5.26 Å². The van der Waals surface area contributed by atoms with Crippen LogP contribution in [0.1, 0.15) is 49.1 Å². The fourth-order valence-electron chi connectivity index (χ4n) is 3.58. The number of nitrogens with zero attached hydrogens (tertiary/aromatic N) is 3.